The van der Waals surface area contributed by atoms with Crippen LogP contribution in [0.4, 0.5) is 0 Å². The first-order valence-electron chi connectivity index (χ1n) is 13.3. The van der Waals surface area contributed by atoms with Crippen LogP contribution < -0.4 is 14.2 Å². The predicted molar refractivity (Wildman–Crippen MR) is 138 cm³/mol. The standard InChI is InChI=1S/C29H38N2O5/c1-20(2)16-31(17-21-14-25(32)28-26(15-21)34-11-5-12-35-28)29(33)24-8-4-10-30(19-24)18-23-7-3-6-22-9-13-36-27(22)23/h3,6-7,14-15,20,24,32H,4-5,8-13,16-19H2,1-2H3. The van der Waals surface area contributed by atoms with Gasteiger partial charge < -0.3 is 24.2 Å². The van der Waals surface area contributed by atoms with Gasteiger partial charge in [-0.3, -0.25) is 9.69 Å². The van der Waals surface area contributed by atoms with Gasteiger partial charge in [-0.1, -0.05) is 32.0 Å². The lowest BCUT2D eigenvalue weighted by atomic mass is 9.95. The van der Waals surface area contributed by atoms with Gasteiger partial charge in [-0.05, 0) is 48.6 Å². The lowest BCUT2D eigenvalue weighted by molar-refractivity contribution is -0.138. The van der Waals surface area contributed by atoms with Crippen LogP contribution in [0.2, 0.25) is 0 Å². The number of phenolic OH excluding ortho intramolecular Hbond substituents is 1. The van der Waals surface area contributed by atoms with Crippen LogP contribution in [0.5, 0.6) is 23.0 Å². The quantitative estimate of drug-likeness (QED) is 0.616. The summed E-state index contributed by atoms with van der Waals surface area (Å²) in [5.74, 6) is 2.56. The molecule has 1 N–H and O–H groups in total. The maximum atomic E-state index is 13.8. The van der Waals surface area contributed by atoms with Crippen LogP contribution in [0, 0.1) is 11.8 Å². The van der Waals surface area contributed by atoms with E-state index in [1.54, 1.807) is 6.07 Å². The number of piperidine rings is 1. The van der Waals surface area contributed by atoms with Crippen molar-refractivity contribution in [2.24, 2.45) is 11.8 Å². The van der Waals surface area contributed by atoms with Crippen molar-refractivity contribution in [2.75, 3.05) is 39.5 Å². The second-order valence-electron chi connectivity index (χ2n) is 10.7. The number of aromatic hydroxyl groups is 1. The van der Waals surface area contributed by atoms with Crippen molar-refractivity contribution in [2.45, 2.75) is 52.6 Å². The molecule has 1 saturated heterocycles. The first kappa shape index (κ1) is 24.8. The minimum Gasteiger partial charge on any atom is -0.504 e. The molecule has 0 radical (unpaired) electrons. The highest BCUT2D eigenvalue weighted by molar-refractivity contribution is 5.79. The first-order chi connectivity index (χ1) is 17.5. The summed E-state index contributed by atoms with van der Waals surface area (Å²) in [6.45, 7) is 9.77. The Morgan fingerprint density at radius 3 is 2.81 bits per heavy atom. The average Bonchev–Trinajstić information content (AvgIpc) is 3.22. The molecule has 2 aromatic carbocycles. The van der Waals surface area contributed by atoms with Gasteiger partial charge in [0.05, 0.1) is 25.7 Å². The van der Waals surface area contributed by atoms with Crippen LogP contribution in [0.15, 0.2) is 30.3 Å². The molecule has 194 valence electrons. The Hall–Kier alpha value is -2.93. The molecule has 3 aliphatic heterocycles. The Kier molecular flexibility index (Phi) is 7.56. The van der Waals surface area contributed by atoms with E-state index in [-0.39, 0.29) is 17.6 Å². The molecule has 1 atom stereocenters. The highest BCUT2D eigenvalue weighted by atomic mass is 16.5. The number of likely N-dealkylation sites (tertiary alicyclic amines) is 1. The highest BCUT2D eigenvalue weighted by Crippen LogP contribution is 2.40. The average molecular weight is 495 g/mol. The molecule has 1 amide bonds. The third-order valence-corrected chi connectivity index (χ3v) is 7.20. The third-order valence-electron chi connectivity index (χ3n) is 7.20. The van der Waals surface area contributed by atoms with Gasteiger partial charge in [0.25, 0.3) is 0 Å². The summed E-state index contributed by atoms with van der Waals surface area (Å²) in [7, 11) is 0. The second-order valence-corrected chi connectivity index (χ2v) is 10.7. The molecule has 5 rings (SSSR count). The van der Waals surface area contributed by atoms with Crippen molar-refractivity contribution in [3.63, 3.8) is 0 Å². The van der Waals surface area contributed by atoms with Crippen LogP contribution in [0.25, 0.3) is 0 Å². The van der Waals surface area contributed by atoms with E-state index >= 15 is 0 Å². The number of amides is 1. The van der Waals surface area contributed by atoms with Gasteiger partial charge in [0.15, 0.2) is 11.5 Å². The number of fused-ring (bicyclic) bond motifs is 2. The predicted octanol–water partition coefficient (Wildman–Crippen LogP) is 4.39. The van der Waals surface area contributed by atoms with E-state index < -0.39 is 0 Å². The Bertz CT molecular complexity index is 1090. The fraction of sp³-hybridized carbons (Fsp3) is 0.552. The van der Waals surface area contributed by atoms with Gasteiger partial charge in [0.1, 0.15) is 5.75 Å². The minimum absolute atomic E-state index is 0.0378. The number of hydrogen-bond acceptors (Lipinski definition) is 6. The number of phenols is 1. The van der Waals surface area contributed by atoms with Gasteiger partial charge in [0, 0.05) is 44.6 Å². The fourth-order valence-corrected chi connectivity index (χ4v) is 5.60. The number of rotatable bonds is 7. The number of hydrogen-bond donors (Lipinski definition) is 1. The zero-order chi connectivity index (χ0) is 25.1. The summed E-state index contributed by atoms with van der Waals surface area (Å²) >= 11 is 0. The molecule has 3 heterocycles. The van der Waals surface area contributed by atoms with Crippen LogP contribution in [0.1, 0.15) is 49.8 Å². The molecule has 7 nitrogen and oxygen atoms in total. The molecule has 1 fully saturated rings. The molecule has 0 aromatic heterocycles. The molecule has 0 bridgehead atoms. The molecule has 0 spiro atoms. The van der Waals surface area contributed by atoms with Crippen molar-refractivity contribution in [3.8, 4) is 23.0 Å². The molecule has 0 aliphatic carbocycles. The van der Waals surface area contributed by atoms with Gasteiger partial charge in [-0.2, -0.15) is 0 Å². The molecule has 1 unspecified atom stereocenters. The maximum Gasteiger partial charge on any atom is 0.227 e. The van der Waals surface area contributed by atoms with E-state index in [9.17, 15) is 9.90 Å². The first-order valence-corrected chi connectivity index (χ1v) is 13.3. The maximum absolute atomic E-state index is 13.8. The molecular formula is C29H38N2O5. The molecule has 36 heavy (non-hydrogen) atoms. The zero-order valence-electron chi connectivity index (χ0n) is 21.5. The number of para-hydroxylation sites is 1. The monoisotopic (exact) mass is 494 g/mol. The summed E-state index contributed by atoms with van der Waals surface area (Å²) in [5.41, 5.74) is 3.37. The van der Waals surface area contributed by atoms with E-state index in [2.05, 4.69) is 36.9 Å². The smallest absolute Gasteiger partial charge is 0.227 e. The molecule has 2 aromatic rings. The zero-order valence-corrected chi connectivity index (χ0v) is 21.5. The number of nitrogens with zero attached hydrogens (tertiary/aromatic N) is 2. The number of benzene rings is 2. The summed E-state index contributed by atoms with van der Waals surface area (Å²) in [5, 5.41) is 10.6. The molecular weight excluding hydrogens is 456 g/mol. The van der Waals surface area contributed by atoms with Crippen molar-refractivity contribution in [1.29, 1.82) is 0 Å². The van der Waals surface area contributed by atoms with Crippen molar-refractivity contribution in [3.05, 3.63) is 47.0 Å². The van der Waals surface area contributed by atoms with Crippen molar-refractivity contribution < 1.29 is 24.1 Å². The fourth-order valence-electron chi connectivity index (χ4n) is 5.60. The van der Waals surface area contributed by atoms with E-state index in [0.29, 0.717) is 43.7 Å². The van der Waals surface area contributed by atoms with E-state index in [1.807, 2.05) is 11.0 Å². The lowest BCUT2D eigenvalue weighted by Crippen LogP contribution is -2.45. The Balaban J connectivity index is 1.29. The van der Waals surface area contributed by atoms with E-state index in [1.165, 1.54) is 11.1 Å². The van der Waals surface area contributed by atoms with Crippen LogP contribution in [-0.2, 0) is 24.3 Å². The Morgan fingerprint density at radius 1 is 1.11 bits per heavy atom. The highest BCUT2D eigenvalue weighted by Gasteiger charge is 2.31. The Labute approximate surface area is 213 Å². The van der Waals surface area contributed by atoms with Gasteiger partial charge >= 0.3 is 0 Å². The number of carbonyl (C=O) groups excluding carboxylic acids is 1. The Morgan fingerprint density at radius 2 is 1.94 bits per heavy atom. The molecule has 0 saturated carbocycles. The third kappa shape index (κ3) is 5.56. The lowest BCUT2D eigenvalue weighted by Gasteiger charge is -2.36. The van der Waals surface area contributed by atoms with E-state index in [0.717, 1.165) is 63.2 Å². The summed E-state index contributed by atoms with van der Waals surface area (Å²) in [4.78, 5) is 18.2. The summed E-state index contributed by atoms with van der Waals surface area (Å²) in [6.07, 6.45) is 3.66. The van der Waals surface area contributed by atoms with Crippen LogP contribution in [-0.4, -0.2) is 60.3 Å². The normalized spacial score (nSPS) is 19.5. The van der Waals surface area contributed by atoms with Gasteiger partial charge in [-0.15, -0.1) is 0 Å². The molecule has 3 aliphatic rings. The number of carbonyl (C=O) groups is 1. The summed E-state index contributed by atoms with van der Waals surface area (Å²) in [6, 6.07) is 10.0. The van der Waals surface area contributed by atoms with Crippen LogP contribution in [0.3, 0.4) is 0 Å². The number of ether oxygens (including phenoxy) is 3. The van der Waals surface area contributed by atoms with E-state index in [4.69, 9.17) is 14.2 Å². The van der Waals surface area contributed by atoms with Gasteiger partial charge in [0.2, 0.25) is 11.7 Å². The second kappa shape index (κ2) is 11.0. The summed E-state index contributed by atoms with van der Waals surface area (Å²) < 4.78 is 17.4. The van der Waals surface area contributed by atoms with Gasteiger partial charge in [-0.25, -0.2) is 0 Å². The largest absolute Gasteiger partial charge is 0.504 e. The molecule has 7 heteroatoms. The van der Waals surface area contributed by atoms with Crippen molar-refractivity contribution in [1.82, 2.24) is 9.80 Å². The topological polar surface area (TPSA) is 71.5 Å². The minimum atomic E-state index is -0.0378. The van der Waals surface area contributed by atoms with Crippen LogP contribution >= 0.6 is 0 Å². The van der Waals surface area contributed by atoms with Crippen molar-refractivity contribution >= 4 is 5.91 Å². The SMILES string of the molecule is CC(C)CN(Cc1cc(O)c2c(c1)OCCCO2)C(=O)C1CCCN(Cc2cccc3c2OCC3)C1.